The number of aliphatic hydroxyl groups excluding tert-OH is 1. The molecule has 2 atom stereocenters. The summed E-state index contributed by atoms with van der Waals surface area (Å²) in [6, 6.07) is 0. The first kappa shape index (κ1) is 17.2. The monoisotopic (exact) mass is 298 g/mol. The SMILES string of the molecule is CC1CCCCC1OCCNCC1CCN(CCO)CC1. The highest BCUT2D eigenvalue weighted by Crippen LogP contribution is 2.26. The first-order valence-electron chi connectivity index (χ1n) is 8.95. The number of rotatable bonds is 8. The Hall–Kier alpha value is -0.160. The van der Waals surface area contributed by atoms with Crippen LogP contribution in [0.1, 0.15) is 45.4 Å². The molecule has 0 aromatic carbocycles. The molecule has 4 nitrogen and oxygen atoms in total. The summed E-state index contributed by atoms with van der Waals surface area (Å²) >= 11 is 0. The summed E-state index contributed by atoms with van der Waals surface area (Å²) in [5.41, 5.74) is 0. The molecule has 0 aromatic heterocycles. The second-order valence-electron chi connectivity index (χ2n) is 6.88. The lowest BCUT2D eigenvalue weighted by atomic mass is 9.88. The van der Waals surface area contributed by atoms with Gasteiger partial charge in [0.25, 0.3) is 0 Å². The Kier molecular flexibility index (Phi) is 8.01. The highest BCUT2D eigenvalue weighted by atomic mass is 16.5. The van der Waals surface area contributed by atoms with Gasteiger partial charge in [-0.2, -0.15) is 0 Å². The highest BCUT2D eigenvalue weighted by Gasteiger charge is 2.21. The Labute approximate surface area is 130 Å². The Morgan fingerprint density at radius 3 is 2.62 bits per heavy atom. The molecule has 0 radical (unpaired) electrons. The van der Waals surface area contributed by atoms with E-state index in [2.05, 4.69) is 17.1 Å². The Bertz CT molecular complexity index is 268. The maximum Gasteiger partial charge on any atom is 0.0601 e. The minimum atomic E-state index is 0.292. The fourth-order valence-corrected chi connectivity index (χ4v) is 3.67. The zero-order valence-corrected chi connectivity index (χ0v) is 13.7. The van der Waals surface area contributed by atoms with Gasteiger partial charge in [-0.05, 0) is 57.2 Å². The quantitative estimate of drug-likeness (QED) is 0.672. The van der Waals surface area contributed by atoms with Crippen molar-refractivity contribution in [1.29, 1.82) is 0 Å². The van der Waals surface area contributed by atoms with E-state index < -0.39 is 0 Å². The number of hydrogen-bond donors (Lipinski definition) is 2. The molecule has 0 spiro atoms. The van der Waals surface area contributed by atoms with Crippen LogP contribution < -0.4 is 5.32 Å². The van der Waals surface area contributed by atoms with Gasteiger partial charge in [-0.1, -0.05) is 19.8 Å². The van der Waals surface area contributed by atoms with Crippen molar-refractivity contribution >= 4 is 0 Å². The molecule has 2 unspecified atom stereocenters. The number of hydrogen-bond acceptors (Lipinski definition) is 4. The molecule has 2 aliphatic rings. The van der Waals surface area contributed by atoms with Crippen LogP contribution in [-0.4, -0.2) is 62.0 Å². The minimum absolute atomic E-state index is 0.292. The lowest BCUT2D eigenvalue weighted by Crippen LogP contribution is -2.39. The molecule has 4 heteroatoms. The molecule has 1 saturated carbocycles. The fourth-order valence-electron chi connectivity index (χ4n) is 3.67. The summed E-state index contributed by atoms with van der Waals surface area (Å²) in [5.74, 6) is 1.54. The van der Waals surface area contributed by atoms with E-state index in [1.165, 1.54) is 38.5 Å². The van der Waals surface area contributed by atoms with Gasteiger partial charge < -0.3 is 20.1 Å². The second-order valence-corrected chi connectivity index (χ2v) is 6.88. The summed E-state index contributed by atoms with van der Waals surface area (Å²) in [6.45, 7) is 8.71. The van der Waals surface area contributed by atoms with Gasteiger partial charge in [0, 0.05) is 13.1 Å². The van der Waals surface area contributed by atoms with Gasteiger partial charge in [-0.25, -0.2) is 0 Å². The third-order valence-electron chi connectivity index (χ3n) is 5.20. The van der Waals surface area contributed by atoms with E-state index in [1.54, 1.807) is 0 Å². The standard InChI is InChI=1S/C17H34N2O2/c1-15-4-2-3-5-17(15)21-13-8-18-14-16-6-9-19(10-7-16)11-12-20/h15-18,20H,2-14H2,1H3. The summed E-state index contributed by atoms with van der Waals surface area (Å²) in [6.07, 6.45) is 8.33. The molecule has 2 rings (SSSR count). The fraction of sp³-hybridized carbons (Fsp3) is 1.00. The normalized spacial score (nSPS) is 28.9. The Morgan fingerprint density at radius 2 is 1.90 bits per heavy atom. The summed E-state index contributed by atoms with van der Waals surface area (Å²) < 4.78 is 6.04. The molecule has 2 N–H and O–H groups in total. The largest absolute Gasteiger partial charge is 0.395 e. The van der Waals surface area contributed by atoms with Crippen molar-refractivity contribution in [3.8, 4) is 0 Å². The van der Waals surface area contributed by atoms with Gasteiger partial charge in [0.2, 0.25) is 0 Å². The molecule has 1 aliphatic heterocycles. The molecule has 1 aliphatic carbocycles. The smallest absolute Gasteiger partial charge is 0.0601 e. The number of aliphatic hydroxyl groups is 1. The van der Waals surface area contributed by atoms with Gasteiger partial charge in [-0.15, -0.1) is 0 Å². The van der Waals surface area contributed by atoms with E-state index in [1.807, 2.05) is 0 Å². The van der Waals surface area contributed by atoms with Crippen LogP contribution >= 0.6 is 0 Å². The zero-order chi connectivity index (χ0) is 14.9. The zero-order valence-electron chi connectivity index (χ0n) is 13.7. The van der Waals surface area contributed by atoms with Crippen molar-refractivity contribution < 1.29 is 9.84 Å². The minimum Gasteiger partial charge on any atom is -0.395 e. The molecule has 0 aromatic rings. The van der Waals surface area contributed by atoms with Crippen LogP contribution in [0.5, 0.6) is 0 Å². The van der Waals surface area contributed by atoms with Crippen molar-refractivity contribution in [3.05, 3.63) is 0 Å². The lowest BCUT2D eigenvalue weighted by Gasteiger charge is -2.31. The van der Waals surface area contributed by atoms with Crippen LogP contribution in [0.25, 0.3) is 0 Å². The maximum atomic E-state index is 8.94. The molecule has 0 amide bonds. The molecule has 0 bridgehead atoms. The number of β-amino-alcohol motifs (C(OH)–C–C–N with tert-alkyl or cyclic N) is 1. The van der Waals surface area contributed by atoms with Crippen LogP contribution in [0, 0.1) is 11.8 Å². The van der Waals surface area contributed by atoms with Gasteiger partial charge in [-0.3, -0.25) is 0 Å². The molecule has 2 fully saturated rings. The van der Waals surface area contributed by atoms with Gasteiger partial charge in [0.15, 0.2) is 0 Å². The summed E-state index contributed by atoms with van der Waals surface area (Å²) in [4.78, 5) is 2.37. The van der Waals surface area contributed by atoms with Gasteiger partial charge in [0.05, 0.1) is 19.3 Å². The molecule has 124 valence electrons. The molecular formula is C17H34N2O2. The Morgan fingerprint density at radius 1 is 1.14 bits per heavy atom. The first-order valence-corrected chi connectivity index (χ1v) is 8.95. The van der Waals surface area contributed by atoms with E-state index in [0.29, 0.717) is 12.7 Å². The third kappa shape index (κ3) is 6.23. The van der Waals surface area contributed by atoms with E-state index in [9.17, 15) is 0 Å². The van der Waals surface area contributed by atoms with Crippen molar-refractivity contribution in [3.63, 3.8) is 0 Å². The summed E-state index contributed by atoms with van der Waals surface area (Å²) in [7, 11) is 0. The first-order chi connectivity index (χ1) is 10.3. The van der Waals surface area contributed by atoms with E-state index in [-0.39, 0.29) is 0 Å². The van der Waals surface area contributed by atoms with Crippen molar-refractivity contribution in [2.45, 2.75) is 51.6 Å². The maximum absolute atomic E-state index is 8.94. The predicted molar refractivity (Wildman–Crippen MR) is 86.5 cm³/mol. The van der Waals surface area contributed by atoms with Crippen LogP contribution in [0.15, 0.2) is 0 Å². The average Bonchev–Trinajstić information content (AvgIpc) is 2.51. The average molecular weight is 298 g/mol. The van der Waals surface area contributed by atoms with Gasteiger partial charge >= 0.3 is 0 Å². The van der Waals surface area contributed by atoms with Gasteiger partial charge in [0.1, 0.15) is 0 Å². The molecular weight excluding hydrogens is 264 g/mol. The number of ether oxygens (including phenoxy) is 1. The van der Waals surface area contributed by atoms with Crippen molar-refractivity contribution in [2.75, 3.05) is 45.9 Å². The molecule has 1 saturated heterocycles. The topological polar surface area (TPSA) is 44.7 Å². The van der Waals surface area contributed by atoms with Crippen LogP contribution in [-0.2, 0) is 4.74 Å². The van der Waals surface area contributed by atoms with Crippen LogP contribution in [0.2, 0.25) is 0 Å². The summed E-state index contributed by atoms with van der Waals surface area (Å²) in [5, 5.41) is 12.5. The molecule has 21 heavy (non-hydrogen) atoms. The molecule has 1 heterocycles. The lowest BCUT2D eigenvalue weighted by molar-refractivity contribution is -0.00351. The number of piperidine rings is 1. The van der Waals surface area contributed by atoms with Crippen LogP contribution in [0.3, 0.4) is 0 Å². The van der Waals surface area contributed by atoms with E-state index in [4.69, 9.17) is 9.84 Å². The van der Waals surface area contributed by atoms with Crippen molar-refractivity contribution in [1.82, 2.24) is 10.2 Å². The highest BCUT2D eigenvalue weighted by molar-refractivity contribution is 4.74. The number of likely N-dealkylation sites (tertiary alicyclic amines) is 1. The second kappa shape index (κ2) is 9.78. The van der Waals surface area contributed by atoms with Crippen LogP contribution in [0.4, 0.5) is 0 Å². The number of nitrogens with zero attached hydrogens (tertiary/aromatic N) is 1. The van der Waals surface area contributed by atoms with E-state index in [0.717, 1.165) is 51.2 Å². The van der Waals surface area contributed by atoms with Crippen molar-refractivity contribution in [2.24, 2.45) is 11.8 Å². The van der Waals surface area contributed by atoms with E-state index >= 15 is 0 Å². The predicted octanol–water partition coefficient (Wildman–Crippen LogP) is 1.88. The number of nitrogens with one attached hydrogen (secondary N) is 1. The Balaban J connectivity index is 1.47. The third-order valence-corrected chi connectivity index (χ3v) is 5.20.